The van der Waals surface area contributed by atoms with Gasteiger partial charge in [-0.05, 0) is 36.2 Å². The molecule has 4 nitrogen and oxygen atoms in total. The molecule has 4 heteroatoms. The van der Waals surface area contributed by atoms with Crippen LogP contribution in [0.15, 0.2) is 48.5 Å². The van der Waals surface area contributed by atoms with Crippen molar-refractivity contribution in [2.24, 2.45) is 0 Å². The Balaban J connectivity index is 1.85. The molecule has 4 rings (SSSR count). The lowest BCUT2D eigenvalue weighted by Gasteiger charge is -2.16. The summed E-state index contributed by atoms with van der Waals surface area (Å²) < 4.78 is 1.86. The molecule has 0 saturated carbocycles. The molecule has 0 aliphatic carbocycles. The summed E-state index contributed by atoms with van der Waals surface area (Å²) in [5.74, 6) is 0.0942. The maximum atomic E-state index is 13.0. The van der Waals surface area contributed by atoms with E-state index in [1.807, 2.05) is 53.1 Å². The van der Waals surface area contributed by atoms with Crippen LogP contribution in [-0.4, -0.2) is 17.0 Å². The number of carbonyl (C=O) groups excluding carboxylic acids is 1. The lowest BCUT2D eigenvalue weighted by Crippen LogP contribution is -2.27. The van der Waals surface area contributed by atoms with Gasteiger partial charge in [-0.1, -0.05) is 36.4 Å². The molecule has 0 saturated heterocycles. The van der Waals surface area contributed by atoms with Gasteiger partial charge in [0, 0.05) is 23.3 Å². The minimum absolute atomic E-state index is 0.0942. The number of carbonyl (C=O) groups is 1. The fourth-order valence-corrected chi connectivity index (χ4v) is 3.44. The van der Waals surface area contributed by atoms with E-state index in [1.54, 1.807) is 0 Å². The van der Waals surface area contributed by atoms with Crippen LogP contribution < -0.4 is 11.1 Å². The first kappa shape index (κ1) is 14.0. The molecule has 2 heterocycles. The monoisotopic (exact) mass is 305 g/mol. The van der Waals surface area contributed by atoms with E-state index >= 15 is 0 Å². The molecule has 2 aromatic carbocycles. The van der Waals surface area contributed by atoms with Crippen LogP contribution in [0.25, 0.3) is 10.9 Å². The van der Waals surface area contributed by atoms with Crippen LogP contribution in [0.1, 0.15) is 21.6 Å². The van der Waals surface area contributed by atoms with E-state index in [9.17, 15) is 4.79 Å². The number of nitrogens with one attached hydrogen (secondary N) is 1. The van der Waals surface area contributed by atoms with Crippen LogP contribution >= 0.6 is 0 Å². The van der Waals surface area contributed by atoms with Crippen molar-refractivity contribution in [1.29, 1.82) is 0 Å². The van der Waals surface area contributed by atoms with Crippen molar-refractivity contribution >= 4 is 22.5 Å². The molecule has 0 bridgehead atoms. The molecule has 0 spiro atoms. The molecule has 0 fully saturated rings. The van der Waals surface area contributed by atoms with Crippen LogP contribution in [0.5, 0.6) is 0 Å². The van der Waals surface area contributed by atoms with Crippen molar-refractivity contribution in [3.63, 3.8) is 0 Å². The van der Waals surface area contributed by atoms with Crippen molar-refractivity contribution in [2.75, 3.05) is 12.3 Å². The van der Waals surface area contributed by atoms with Crippen LogP contribution in [-0.2, 0) is 19.4 Å². The maximum absolute atomic E-state index is 13.0. The van der Waals surface area contributed by atoms with Crippen LogP contribution in [0.3, 0.4) is 0 Å². The van der Waals surface area contributed by atoms with E-state index < -0.39 is 0 Å². The van der Waals surface area contributed by atoms with Gasteiger partial charge in [0.2, 0.25) is 5.91 Å². The van der Waals surface area contributed by atoms with Gasteiger partial charge in [-0.2, -0.15) is 0 Å². The molecule has 0 amide bonds. The Hall–Kier alpha value is -2.59. The topological polar surface area (TPSA) is 60.0 Å². The Labute approximate surface area is 134 Å². The third kappa shape index (κ3) is 2.41. The Morgan fingerprint density at radius 3 is 2.83 bits per heavy atom. The van der Waals surface area contributed by atoms with Crippen molar-refractivity contribution in [2.45, 2.75) is 19.4 Å². The zero-order valence-electron chi connectivity index (χ0n) is 12.9. The molecule has 1 aromatic heterocycles. The molecular formula is C19H19N3O. The summed E-state index contributed by atoms with van der Waals surface area (Å²) >= 11 is 0. The molecule has 3 N–H and O–H groups in total. The molecule has 1 aliphatic heterocycles. The summed E-state index contributed by atoms with van der Waals surface area (Å²) in [6.45, 7) is 1.67. The Morgan fingerprint density at radius 1 is 1.17 bits per heavy atom. The van der Waals surface area contributed by atoms with Gasteiger partial charge >= 0.3 is 0 Å². The van der Waals surface area contributed by atoms with Crippen molar-refractivity contribution < 1.29 is 4.79 Å². The minimum Gasteiger partial charge on any atom is -0.399 e. The number of fused-ring (bicyclic) bond motifs is 3. The smallest absolute Gasteiger partial charge is 0.235 e. The van der Waals surface area contributed by atoms with E-state index in [0.717, 1.165) is 41.7 Å². The number of benzene rings is 2. The number of hydrogen-bond donors (Lipinski definition) is 2. The van der Waals surface area contributed by atoms with E-state index in [0.29, 0.717) is 12.1 Å². The minimum atomic E-state index is 0.0942. The second-order valence-electron chi connectivity index (χ2n) is 6.02. The fourth-order valence-electron chi connectivity index (χ4n) is 3.44. The zero-order valence-corrected chi connectivity index (χ0v) is 12.9. The van der Waals surface area contributed by atoms with Crippen LogP contribution in [0, 0.1) is 0 Å². The molecule has 0 radical (unpaired) electrons. The van der Waals surface area contributed by atoms with Gasteiger partial charge < -0.3 is 11.1 Å². The van der Waals surface area contributed by atoms with Crippen LogP contribution in [0.4, 0.5) is 5.69 Å². The largest absolute Gasteiger partial charge is 0.399 e. The van der Waals surface area contributed by atoms with Gasteiger partial charge in [0.1, 0.15) is 0 Å². The Bertz CT molecular complexity index is 881. The van der Waals surface area contributed by atoms with Crippen molar-refractivity contribution in [3.8, 4) is 0 Å². The van der Waals surface area contributed by atoms with Crippen molar-refractivity contribution in [1.82, 2.24) is 9.88 Å². The predicted molar refractivity (Wildman–Crippen MR) is 92.5 cm³/mol. The SMILES string of the molecule is Nc1ccc2c3c(n(C(=O)Cc4ccccc4)c2c1)CNCC3. The normalized spacial score (nSPS) is 13.9. The summed E-state index contributed by atoms with van der Waals surface area (Å²) in [6, 6.07) is 15.7. The second-order valence-corrected chi connectivity index (χ2v) is 6.02. The van der Waals surface area contributed by atoms with E-state index in [-0.39, 0.29) is 5.91 Å². The molecule has 116 valence electrons. The summed E-state index contributed by atoms with van der Waals surface area (Å²) in [4.78, 5) is 13.0. The van der Waals surface area contributed by atoms with Gasteiger partial charge in [0.25, 0.3) is 0 Å². The number of anilines is 1. The van der Waals surface area contributed by atoms with Gasteiger partial charge in [0.05, 0.1) is 11.9 Å². The summed E-state index contributed by atoms with van der Waals surface area (Å²) in [7, 11) is 0. The molecule has 3 aromatic rings. The summed E-state index contributed by atoms with van der Waals surface area (Å²) in [5, 5.41) is 4.52. The lowest BCUT2D eigenvalue weighted by atomic mass is 10.0. The first-order valence-corrected chi connectivity index (χ1v) is 7.93. The third-order valence-corrected chi connectivity index (χ3v) is 4.50. The molecular weight excluding hydrogens is 286 g/mol. The predicted octanol–water partition coefficient (Wildman–Crippen LogP) is 2.75. The van der Waals surface area contributed by atoms with Gasteiger partial charge in [0.15, 0.2) is 0 Å². The Kier molecular flexibility index (Phi) is 3.39. The van der Waals surface area contributed by atoms with E-state index in [2.05, 4.69) is 5.32 Å². The number of aromatic nitrogens is 1. The van der Waals surface area contributed by atoms with Gasteiger partial charge in [-0.15, -0.1) is 0 Å². The lowest BCUT2D eigenvalue weighted by molar-refractivity contribution is 0.0915. The maximum Gasteiger partial charge on any atom is 0.235 e. The molecule has 0 atom stereocenters. The van der Waals surface area contributed by atoms with Gasteiger partial charge in [-0.3, -0.25) is 9.36 Å². The highest BCUT2D eigenvalue weighted by Gasteiger charge is 2.23. The second kappa shape index (κ2) is 5.56. The average molecular weight is 305 g/mol. The number of nitrogen functional groups attached to an aromatic ring is 1. The quantitative estimate of drug-likeness (QED) is 0.716. The highest BCUT2D eigenvalue weighted by atomic mass is 16.2. The van der Waals surface area contributed by atoms with Gasteiger partial charge in [-0.25, -0.2) is 0 Å². The molecule has 0 unspecified atom stereocenters. The highest BCUT2D eigenvalue weighted by molar-refractivity contribution is 5.98. The number of nitrogens with two attached hydrogens (primary N) is 1. The first-order valence-electron chi connectivity index (χ1n) is 7.93. The van der Waals surface area contributed by atoms with E-state index in [4.69, 9.17) is 5.73 Å². The summed E-state index contributed by atoms with van der Waals surface area (Å²) in [6.07, 6.45) is 1.34. The van der Waals surface area contributed by atoms with Crippen molar-refractivity contribution in [3.05, 3.63) is 65.4 Å². The number of hydrogen-bond acceptors (Lipinski definition) is 3. The van der Waals surface area contributed by atoms with Crippen LogP contribution in [0.2, 0.25) is 0 Å². The number of nitrogens with zero attached hydrogens (tertiary/aromatic N) is 1. The van der Waals surface area contributed by atoms with E-state index in [1.165, 1.54) is 5.56 Å². The first-order chi connectivity index (χ1) is 11.2. The number of rotatable bonds is 2. The zero-order chi connectivity index (χ0) is 15.8. The summed E-state index contributed by atoms with van der Waals surface area (Å²) in [5.41, 5.74) is 11.0. The Morgan fingerprint density at radius 2 is 2.00 bits per heavy atom. The highest BCUT2D eigenvalue weighted by Crippen LogP contribution is 2.30. The average Bonchev–Trinajstić information content (AvgIpc) is 2.89. The standard InChI is InChI=1S/C19H19N3O/c20-14-6-7-15-16-8-9-21-12-18(16)22(17(15)11-14)19(23)10-13-4-2-1-3-5-13/h1-7,11,21H,8-10,12,20H2. The fraction of sp³-hybridized carbons (Fsp3) is 0.211. The molecule has 1 aliphatic rings. The third-order valence-electron chi connectivity index (χ3n) is 4.50. The molecule has 23 heavy (non-hydrogen) atoms.